The van der Waals surface area contributed by atoms with E-state index < -0.39 is 18.9 Å². The van der Waals surface area contributed by atoms with Gasteiger partial charge in [0.25, 0.3) is 12.3 Å². The van der Waals surface area contributed by atoms with Gasteiger partial charge >= 0.3 is 0 Å². The van der Waals surface area contributed by atoms with E-state index in [1.54, 1.807) is 6.07 Å². The van der Waals surface area contributed by atoms with E-state index in [2.05, 4.69) is 5.32 Å². The Labute approximate surface area is 91.9 Å². The molecule has 1 amide bonds. The van der Waals surface area contributed by atoms with Gasteiger partial charge in [-0.1, -0.05) is 0 Å². The molecule has 0 atom stereocenters. The molecule has 1 aromatic heterocycles. The number of hydrogen-bond donors (Lipinski definition) is 2. The Hall–Kier alpha value is -1.43. The van der Waals surface area contributed by atoms with Gasteiger partial charge in [-0.3, -0.25) is 4.79 Å². The van der Waals surface area contributed by atoms with E-state index in [1.165, 1.54) is 16.8 Å². The summed E-state index contributed by atoms with van der Waals surface area (Å²) in [6.45, 7) is -0.177. The van der Waals surface area contributed by atoms with Gasteiger partial charge in [-0.05, 0) is 18.6 Å². The molecule has 16 heavy (non-hydrogen) atoms. The van der Waals surface area contributed by atoms with Gasteiger partial charge < -0.3 is 15.0 Å². The molecule has 0 aliphatic rings. The van der Waals surface area contributed by atoms with Crippen molar-refractivity contribution in [3.05, 3.63) is 24.0 Å². The van der Waals surface area contributed by atoms with Crippen molar-refractivity contribution in [2.75, 3.05) is 13.2 Å². The first-order chi connectivity index (χ1) is 7.65. The molecule has 90 valence electrons. The zero-order valence-corrected chi connectivity index (χ0v) is 8.70. The Morgan fingerprint density at radius 2 is 2.31 bits per heavy atom. The smallest absolute Gasteiger partial charge is 0.267 e. The van der Waals surface area contributed by atoms with Crippen molar-refractivity contribution < 1.29 is 18.7 Å². The molecule has 0 radical (unpaired) electrons. The molecule has 0 spiro atoms. The molecule has 0 saturated heterocycles. The number of rotatable bonds is 6. The third-order valence-corrected chi connectivity index (χ3v) is 2.02. The Morgan fingerprint density at radius 1 is 1.56 bits per heavy atom. The number of aromatic nitrogens is 1. The molecule has 1 heterocycles. The van der Waals surface area contributed by atoms with Crippen LogP contribution in [0.1, 0.15) is 16.9 Å². The maximum absolute atomic E-state index is 12.2. The van der Waals surface area contributed by atoms with Crippen LogP contribution in [0, 0.1) is 0 Å². The third kappa shape index (κ3) is 3.62. The maximum Gasteiger partial charge on any atom is 0.267 e. The fourth-order valence-corrected chi connectivity index (χ4v) is 1.30. The van der Waals surface area contributed by atoms with Crippen LogP contribution < -0.4 is 5.32 Å². The van der Waals surface area contributed by atoms with Crippen LogP contribution in [0.5, 0.6) is 0 Å². The zero-order valence-electron chi connectivity index (χ0n) is 8.70. The number of nitrogens with one attached hydrogen (secondary N) is 1. The van der Waals surface area contributed by atoms with E-state index in [9.17, 15) is 13.6 Å². The standard InChI is InChI=1S/C10H14F2N2O2/c11-9(12)7-14-5-1-3-8(14)10(16)13-4-2-6-15/h1,3,5,9,15H,2,4,6-7H2,(H,13,16). The monoisotopic (exact) mass is 232 g/mol. The quantitative estimate of drug-likeness (QED) is 0.715. The first-order valence-corrected chi connectivity index (χ1v) is 4.97. The van der Waals surface area contributed by atoms with Gasteiger partial charge in [0.1, 0.15) is 5.69 Å². The van der Waals surface area contributed by atoms with Crippen LogP contribution in [0.3, 0.4) is 0 Å². The molecule has 0 saturated carbocycles. The molecule has 0 fully saturated rings. The van der Waals surface area contributed by atoms with Crippen molar-refractivity contribution in [3.8, 4) is 0 Å². The fourth-order valence-electron chi connectivity index (χ4n) is 1.30. The van der Waals surface area contributed by atoms with Crippen molar-refractivity contribution in [1.29, 1.82) is 0 Å². The Kier molecular flexibility index (Phi) is 4.91. The number of aliphatic hydroxyl groups is 1. The summed E-state index contributed by atoms with van der Waals surface area (Å²) in [5, 5.41) is 11.1. The number of nitrogens with zero attached hydrogens (tertiary/aromatic N) is 1. The highest BCUT2D eigenvalue weighted by Crippen LogP contribution is 2.06. The number of halogens is 2. The molecule has 0 aromatic carbocycles. The SMILES string of the molecule is O=C(NCCCO)c1cccn1CC(F)F. The van der Waals surface area contributed by atoms with Crippen LogP contribution in [0.4, 0.5) is 8.78 Å². The number of aliphatic hydroxyl groups excluding tert-OH is 1. The van der Waals surface area contributed by atoms with Crippen LogP contribution in [-0.4, -0.2) is 35.2 Å². The van der Waals surface area contributed by atoms with Crippen LogP contribution in [-0.2, 0) is 6.54 Å². The van der Waals surface area contributed by atoms with Crippen molar-refractivity contribution >= 4 is 5.91 Å². The zero-order chi connectivity index (χ0) is 12.0. The summed E-state index contributed by atoms with van der Waals surface area (Å²) in [5.74, 6) is -0.404. The van der Waals surface area contributed by atoms with Gasteiger partial charge in [0, 0.05) is 19.3 Å². The summed E-state index contributed by atoms with van der Waals surface area (Å²) in [6.07, 6.45) is -0.606. The number of carbonyl (C=O) groups excluding carboxylic acids is 1. The van der Waals surface area contributed by atoms with Gasteiger partial charge in [-0.25, -0.2) is 8.78 Å². The summed E-state index contributed by atoms with van der Waals surface area (Å²) in [6, 6.07) is 3.03. The average molecular weight is 232 g/mol. The predicted molar refractivity (Wildman–Crippen MR) is 54.5 cm³/mol. The molecule has 0 bridgehead atoms. The van der Waals surface area contributed by atoms with E-state index in [-0.39, 0.29) is 12.3 Å². The Balaban J connectivity index is 2.57. The number of amides is 1. The van der Waals surface area contributed by atoms with E-state index >= 15 is 0 Å². The predicted octanol–water partition coefficient (Wildman–Crippen LogP) is 0.865. The largest absolute Gasteiger partial charge is 0.396 e. The molecular weight excluding hydrogens is 218 g/mol. The first kappa shape index (κ1) is 12.6. The third-order valence-electron chi connectivity index (χ3n) is 2.02. The maximum atomic E-state index is 12.2. The second-order valence-electron chi connectivity index (χ2n) is 3.27. The molecule has 0 aliphatic carbocycles. The van der Waals surface area contributed by atoms with Gasteiger partial charge in [-0.2, -0.15) is 0 Å². The van der Waals surface area contributed by atoms with Crippen molar-refractivity contribution in [3.63, 3.8) is 0 Å². The summed E-state index contributed by atoms with van der Waals surface area (Å²) in [5.41, 5.74) is 0.207. The number of alkyl halides is 2. The highest BCUT2D eigenvalue weighted by Gasteiger charge is 2.12. The molecule has 0 unspecified atom stereocenters. The van der Waals surface area contributed by atoms with Crippen LogP contribution in [0.2, 0.25) is 0 Å². The molecule has 0 aliphatic heterocycles. The minimum atomic E-state index is -2.49. The summed E-state index contributed by atoms with van der Waals surface area (Å²) in [7, 11) is 0. The Morgan fingerprint density at radius 3 is 2.94 bits per heavy atom. The van der Waals surface area contributed by atoms with Crippen molar-refractivity contribution in [2.45, 2.75) is 19.4 Å². The minimum absolute atomic E-state index is 0.0155. The lowest BCUT2D eigenvalue weighted by Gasteiger charge is -2.08. The molecule has 1 rings (SSSR count). The molecule has 6 heteroatoms. The van der Waals surface area contributed by atoms with Crippen molar-refractivity contribution in [1.82, 2.24) is 9.88 Å². The lowest BCUT2D eigenvalue weighted by molar-refractivity contribution is 0.0928. The Bertz CT molecular complexity index is 339. The van der Waals surface area contributed by atoms with Crippen LogP contribution in [0.25, 0.3) is 0 Å². The topological polar surface area (TPSA) is 54.3 Å². The number of hydrogen-bond acceptors (Lipinski definition) is 2. The molecular formula is C10H14F2N2O2. The second kappa shape index (κ2) is 6.22. The van der Waals surface area contributed by atoms with Crippen LogP contribution in [0.15, 0.2) is 18.3 Å². The highest BCUT2D eigenvalue weighted by atomic mass is 19.3. The summed E-state index contributed by atoms with van der Waals surface area (Å²) >= 11 is 0. The first-order valence-electron chi connectivity index (χ1n) is 4.97. The van der Waals surface area contributed by atoms with E-state index in [0.29, 0.717) is 13.0 Å². The molecule has 4 nitrogen and oxygen atoms in total. The van der Waals surface area contributed by atoms with Gasteiger partial charge in [0.15, 0.2) is 0 Å². The lowest BCUT2D eigenvalue weighted by Crippen LogP contribution is -2.27. The van der Waals surface area contributed by atoms with Crippen LogP contribution >= 0.6 is 0 Å². The second-order valence-corrected chi connectivity index (χ2v) is 3.27. The lowest BCUT2D eigenvalue weighted by atomic mass is 10.3. The molecule has 1 aromatic rings. The fraction of sp³-hybridized carbons (Fsp3) is 0.500. The van der Waals surface area contributed by atoms with E-state index in [0.717, 1.165) is 0 Å². The minimum Gasteiger partial charge on any atom is -0.396 e. The summed E-state index contributed by atoms with van der Waals surface area (Å²) in [4.78, 5) is 11.5. The number of carbonyl (C=O) groups is 1. The van der Waals surface area contributed by atoms with Gasteiger partial charge in [-0.15, -0.1) is 0 Å². The summed E-state index contributed by atoms with van der Waals surface area (Å²) < 4.78 is 25.5. The molecule has 2 N–H and O–H groups in total. The van der Waals surface area contributed by atoms with Gasteiger partial charge in [0.2, 0.25) is 0 Å². The van der Waals surface area contributed by atoms with Crippen molar-refractivity contribution in [2.24, 2.45) is 0 Å². The normalized spacial score (nSPS) is 10.8. The average Bonchev–Trinajstić information content (AvgIpc) is 2.65. The van der Waals surface area contributed by atoms with E-state index in [4.69, 9.17) is 5.11 Å². The van der Waals surface area contributed by atoms with Gasteiger partial charge in [0.05, 0.1) is 6.54 Å². The highest BCUT2D eigenvalue weighted by molar-refractivity contribution is 5.92. The van der Waals surface area contributed by atoms with E-state index in [1.807, 2.05) is 0 Å².